The Labute approximate surface area is 118 Å². The standard InChI is InChI=1S/C15H9NO3S/c17-13(15(18)19)9-5-1-2-6-10(9)14-16-11-7-3-4-8-12(11)20-14/h1-8H,(H,18,19). The number of fused-ring (bicyclic) bond motifs is 1. The van der Waals surface area contributed by atoms with Crippen LogP contribution in [0.25, 0.3) is 20.8 Å². The Bertz CT molecular complexity index is 790. The number of ketones is 1. The van der Waals surface area contributed by atoms with Crippen LogP contribution in [0.5, 0.6) is 0 Å². The lowest BCUT2D eigenvalue weighted by atomic mass is 10.0. The van der Waals surface area contributed by atoms with Crippen LogP contribution in [0.4, 0.5) is 0 Å². The number of benzene rings is 2. The van der Waals surface area contributed by atoms with Crippen LogP contribution in [0.2, 0.25) is 0 Å². The summed E-state index contributed by atoms with van der Waals surface area (Å²) in [7, 11) is 0. The smallest absolute Gasteiger partial charge is 0.377 e. The second kappa shape index (κ2) is 4.86. The van der Waals surface area contributed by atoms with Crippen molar-refractivity contribution in [3.05, 3.63) is 54.1 Å². The summed E-state index contributed by atoms with van der Waals surface area (Å²) < 4.78 is 1.00. The van der Waals surface area contributed by atoms with Gasteiger partial charge in [-0.15, -0.1) is 11.3 Å². The Kier molecular flexibility index (Phi) is 3.04. The molecule has 0 fully saturated rings. The third-order valence-corrected chi connectivity index (χ3v) is 3.96. The minimum absolute atomic E-state index is 0.166. The van der Waals surface area contributed by atoms with Crippen LogP contribution in [0.1, 0.15) is 10.4 Å². The van der Waals surface area contributed by atoms with Gasteiger partial charge in [0, 0.05) is 11.1 Å². The summed E-state index contributed by atoms with van der Waals surface area (Å²) in [6.07, 6.45) is 0. The summed E-state index contributed by atoms with van der Waals surface area (Å²) in [5, 5.41) is 9.53. The van der Waals surface area contributed by atoms with E-state index in [4.69, 9.17) is 5.11 Å². The molecule has 3 rings (SSSR count). The Hall–Kier alpha value is -2.53. The first-order valence-corrected chi connectivity index (χ1v) is 6.71. The first-order valence-electron chi connectivity index (χ1n) is 5.89. The van der Waals surface area contributed by atoms with Crippen LogP contribution in [0.3, 0.4) is 0 Å². The van der Waals surface area contributed by atoms with Crippen molar-refractivity contribution >= 4 is 33.3 Å². The molecular formula is C15H9NO3S. The van der Waals surface area contributed by atoms with E-state index in [1.807, 2.05) is 24.3 Å². The molecule has 3 aromatic rings. The molecule has 0 unspecified atom stereocenters. The lowest BCUT2D eigenvalue weighted by Crippen LogP contribution is -2.13. The highest BCUT2D eigenvalue weighted by Gasteiger charge is 2.20. The first-order chi connectivity index (χ1) is 9.66. The second-order valence-electron chi connectivity index (χ2n) is 4.17. The number of carbonyl (C=O) groups is 2. The van der Waals surface area contributed by atoms with Gasteiger partial charge in [0.25, 0.3) is 5.78 Å². The number of Topliss-reactive ketones (excluding diaryl/α,β-unsaturated/α-hetero) is 1. The van der Waals surface area contributed by atoms with E-state index < -0.39 is 11.8 Å². The summed E-state index contributed by atoms with van der Waals surface area (Å²) in [6, 6.07) is 14.3. The number of nitrogens with zero attached hydrogens (tertiary/aromatic N) is 1. The molecule has 0 saturated heterocycles. The van der Waals surface area contributed by atoms with E-state index in [0.717, 1.165) is 10.2 Å². The fourth-order valence-electron chi connectivity index (χ4n) is 1.97. The van der Waals surface area contributed by atoms with E-state index in [1.54, 1.807) is 18.2 Å². The second-order valence-corrected chi connectivity index (χ2v) is 5.20. The Morgan fingerprint density at radius 2 is 1.70 bits per heavy atom. The van der Waals surface area contributed by atoms with Crippen molar-refractivity contribution in [1.82, 2.24) is 4.98 Å². The Morgan fingerprint density at radius 1 is 1.00 bits per heavy atom. The maximum atomic E-state index is 11.7. The predicted molar refractivity (Wildman–Crippen MR) is 77.0 cm³/mol. The molecule has 1 heterocycles. The number of aliphatic carboxylic acids is 1. The van der Waals surface area contributed by atoms with Crippen molar-refractivity contribution in [3.8, 4) is 10.6 Å². The molecule has 0 aliphatic carbocycles. The summed E-state index contributed by atoms with van der Waals surface area (Å²) in [5.41, 5.74) is 1.56. The topological polar surface area (TPSA) is 67.3 Å². The lowest BCUT2D eigenvalue weighted by Gasteiger charge is -2.02. The van der Waals surface area contributed by atoms with Crippen LogP contribution < -0.4 is 0 Å². The van der Waals surface area contributed by atoms with Gasteiger partial charge in [-0.05, 0) is 12.1 Å². The number of carboxylic acid groups (broad SMARTS) is 1. The predicted octanol–water partition coefficient (Wildman–Crippen LogP) is 3.23. The summed E-state index contributed by atoms with van der Waals surface area (Å²) >= 11 is 1.44. The van der Waals surface area contributed by atoms with Gasteiger partial charge in [-0.25, -0.2) is 9.78 Å². The zero-order valence-corrected chi connectivity index (χ0v) is 11.1. The average Bonchev–Trinajstić information content (AvgIpc) is 2.90. The highest BCUT2D eigenvalue weighted by Crippen LogP contribution is 2.32. The van der Waals surface area contributed by atoms with Gasteiger partial charge in [-0.2, -0.15) is 0 Å². The van der Waals surface area contributed by atoms with Crippen molar-refractivity contribution < 1.29 is 14.7 Å². The molecule has 2 aromatic carbocycles. The molecule has 0 amide bonds. The van der Waals surface area contributed by atoms with Gasteiger partial charge < -0.3 is 5.11 Å². The van der Waals surface area contributed by atoms with Crippen molar-refractivity contribution in [2.24, 2.45) is 0 Å². The van der Waals surface area contributed by atoms with E-state index in [2.05, 4.69) is 4.98 Å². The van der Waals surface area contributed by atoms with Gasteiger partial charge in [0.1, 0.15) is 5.01 Å². The fourth-order valence-corrected chi connectivity index (χ4v) is 2.98. The number of hydrogen-bond donors (Lipinski definition) is 1. The number of hydrogen-bond acceptors (Lipinski definition) is 4. The molecule has 0 radical (unpaired) electrons. The number of aromatic nitrogens is 1. The fraction of sp³-hybridized carbons (Fsp3) is 0. The summed E-state index contributed by atoms with van der Waals surface area (Å²) in [4.78, 5) is 27.1. The van der Waals surface area contributed by atoms with Gasteiger partial charge in [0.15, 0.2) is 0 Å². The molecule has 4 nitrogen and oxygen atoms in total. The average molecular weight is 283 g/mol. The molecule has 5 heteroatoms. The highest BCUT2D eigenvalue weighted by molar-refractivity contribution is 7.21. The van der Waals surface area contributed by atoms with Gasteiger partial charge in [-0.1, -0.05) is 36.4 Å². The van der Waals surface area contributed by atoms with Crippen molar-refractivity contribution in [2.75, 3.05) is 0 Å². The molecule has 1 aromatic heterocycles. The molecule has 0 saturated carbocycles. The van der Waals surface area contributed by atoms with Gasteiger partial charge in [0.05, 0.1) is 10.2 Å². The third kappa shape index (κ3) is 2.08. The maximum absolute atomic E-state index is 11.7. The van der Waals surface area contributed by atoms with E-state index in [9.17, 15) is 9.59 Å². The van der Waals surface area contributed by atoms with Crippen LogP contribution in [0.15, 0.2) is 48.5 Å². The van der Waals surface area contributed by atoms with Crippen LogP contribution in [-0.2, 0) is 4.79 Å². The zero-order valence-electron chi connectivity index (χ0n) is 10.2. The van der Waals surface area contributed by atoms with Crippen molar-refractivity contribution in [2.45, 2.75) is 0 Å². The molecular weight excluding hydrogens is 274 g/mol. The molecule has 0 atom stereocenters. The number of rotatable bonds is 3. The molecule has 0 spiro atoms. The van der Waals surface area contributed by atoms with Gasteiger partial charge in [0.2, 0.25) is 0 Å². The number of carboxylic acids is 1. The Balaban J connectivity index is 2.19. The first kappa shape index (κ1) is 12.5. The van der Waals surface area contributed by atoms with Crippen molar-refractivity contribution in [3.63, 3.8) is 0 Å². The zero-order chi connectivity index (χ0) is 14.1. The van der Waals surface area contributed by atoms with Crippen LogP contribution in [0, 0.1) is 0 Å². The number of thiazole rings is 1. The summed E-state index contributed by atoms with van der Waals surface area (Å²) in [6.45, 7) is 0. The normalized spacial score (nSPS) is 10.6. The Morgan fingerprint density at radius 3 is 2.45 bits per heavy atom. The molecule has 0 bridgehead atoms. The van der Waals surface area contributed by atoms with E-state index in [0.29, 0.717) is 10.6 Å². The molecule has 0 aliphatic heterocycles. The molecule has 20 heavy (non-hydrogen) atoms. The van der Waals surface area contributed by atoms with E-state index >= 15 is 0 Å². The SMILES string of the molecule is O=C(O)C(=O)c1ccccc1-c1nc2ccccc2s1. The third-order valence-electron chi connectivity index (χ3n) is 2.89. The lowest BCUT2D eigenvalue weighted by molar-refractivity contribution is -0.131. The quantitative estimate of drug-likeness (QED) is 0.592. The van der Waals surface area contributed by atoms with Crippen LogP contribution >= 0.6 is 11.3 Å². The largest absolute Gasteiger partial charge is 0.475 e. The number of para-hydroxylation sites is 1. The van der Waals surface area contributed by atoms with Crippen molar-refractivity contribution in [1.29, 1.82) is 0 Å². The number of carbonyl (C=O) groups excluding carboxylic acids is 1. The van der Waals surface area contributed by atoms with Gasteiger partial charge in [-0.3, -0.25) is 4.79 Å². The summed E-state index contributed by atoms with van der Waals surface area (Å²) in [5.74, 6) is -2.38. The maximum Gasteiger partial charge on any atom is 0.377 e. The minimum Gasteiger partial charge on any atom is -0.475 e. The highest BCUT2D eigenvalue weighted by atomic mass is 32.1. The monoisotopic (exact) mass is 283 g/mol. The molecule has 98 valence electrons. The van der Waals surface area contributed by atoms with E-state index in [-0.39, 0.29) is 5.56 Å². The molecule has 0 aliphatic rings. The van der Waals surface area contributed by atoms with Gasteiger partial charge >= 0.3 is 5.97 Å². The van der Waals surface area contributed by atoms with Crippen LogP contribution in [-0.4, -0.2) is 21.8 Å². The minimum atomic E-state index is -1.46. The molecule has 1 N–H and O–H groups in total. The van der Waals surface area contributed by atoms with E-state index in [1.165, 1.54) is 17.4 Å².